The van der Waals surface area contributed by atoms with E-state index in [2.05, 4.69) is 68.5 Å². The lowest BCUT2D eigenvalue weighted by molar-refractivity contribution is -0.220. The largest absolute Gasteiger partial charge is 0.472 e. The molecule has 14 heteroatoms. The molecule has 1 fully saturated rings. The van der Waals surface area contributed by atoms with Gasteiger partial charge in [-0.05, 0) is 51.4 Å². The van der Waals surface area contributed by atoms with E-state index in [0.717, 1.165) is 57.8 Å². The van der Waals surface area contributed by atoms with Crippen LogP contribution in [0.4, 0.5) is 0 Å². The van der Waals surface area contributed by atoms with E-state index in [9.17, 15) is 44.6 Å². The van der Waals surface area contributed by atoms with Gasteiger partial charge in [-0.15, -0.1) is 0 Å². The van der Waals surface area contributed by atoms with Gasteiger partial charge in [-0.1, -0.05) is 189 Å². The summed E-state index contributed by atoms with van der Waals surface area (Å²) in [6.45, 7) is 3.13. The summed E-state index contributed by atoms with van der Waals surface area (Å²) in [5.41, 5.74) is 0. The van der Waals surface area contributed by atoms with E-state index >= 15 is 0 Å². The van der Waals surface area contributed by atoms with Crippen molar-refractivity contribution in [1.82, 2.24) is 0 Å². The Morgan fingerprint density at radius 1 is 0.492 bits per heavy atom. The molecule has 1 saturated carbocycles. The van der Waals surface area contributed by atoms with Crippen LogP contribution in [0, 0.1) is 0 Å². The van der Waals surface area contributed by atoms with Gasteiger partial charge in [0, 0.05) is 12.8 Å². The van der Waals surface area contributed by atoms with Gasteiger partial charge in [0.1, 0.15) is 43.2 Å². The van der Waals surface area contributed by atoms with E-state index in [-0.39, 0.29) is 12.8 Å². The number of hydrogen-bond donors (Lipinski definition) is 6. The summed E-state index contributed by atoms with van der Waals surface area (Å²) in [7, 11) is -5.14. The number of carbonyl (C=O) groups is 2. The van der Waals surface area contributed by atoms with Crippen molar-refractivity contribution in [2.24, 2.45) is 0 Å². The number of esters is 2. The number of rotatable bonds is 40. The molecule has 0 aromatic heterocycles. The zero-order valence-electron chi connectivity index (χ0n) is 39.8. The van der Waals surface area contributed by atoms with Crippen LogP contribution in [0.25, 0.3) is 0 Å². The summed E-state index contributed by atoms with van der Waals surface area (Å²) in [5.74, 6) is -1.20. The lowest BCUT2D eigenvalue weighted by Gasteiger charge is -2.41. The fourth-order valence-electron chi connectivity index (χ4n) is 7.14. The van der Waals surface area contributed by atoms with Crippen LogP contribution in [-0.2, 0) is 32.7 Å². The smallest absolute Gasteiger partial charge is 0.462 e. The van der Waals surface area contributed by atoms with Crippen molar-refractivity contribution >= 4 is 19.8 Å². The maximum absolute atomic E-state index is 12.8. The maximum Gasteiger partial charge on any atom is 0.472 e. The summed E-state index contributed by atoms with van der Waals surface area (Å²) in [4.78, 5) is 35.7. The third kappa shape index (κ3) is 32.6. The fraction of sp³-hybridized carbons (Fsp3) is 0.725. The number of phosphoric acid groups is 1. The first-order valence-electron chi connectivity index (χ1n) is 24.7. The minimum Gasteiger partial charge on any atom is -0.462 e. The number of ether oxygens (including phenoxy) is 2. The quantitative estimate of drug-likeness (QED) is 0.0146. The number of unbranched alkanes of at least 4 members (excludes halogenated alkanes) is 16. The Balaban J connectivity index is 2.48. The van der Waals surface area contributed by atoms with Crippen LogP contribution in [0.15, 0.2) is 72.9 Å². The van der Waals surface area contributed by atoms with Crippen LogP contribution in [0.3, 0.4) is 0 Å². The van der Waals surface area contributed by atoms with Gasteiger partial charge in [0.25, 0.3) is 0 Å². The Morgan fingerprint density at radius 3 is 1.31 bits per heavy atom. The molecule has 374 valence electrons. The third-order valence-electron chi connectivity index (χ3n) is 11.1. The van der Waals surface area contributed by atoms with E-state index in [1.165, 1.54) is 77.0 Å². The van der Waals surface area contributed by atoms with E-state index in [0.29, 0.717) is 19.3 Å². The lowest BCUT2D eigenvalue weighted by Crippen LogP contribution is -2.64. The molecule has 0 aromatic rings. The molecule has 6 N–H and O–H groups in total. The van der Waals surface area contributed by atoms with Crippen molar-refractivity contribution in [2.75, 3.05) is 13.2 Å². The normalized spacial score (nSPS) is 22.0. The SMILES string of the molecule is CC/C=C\C/C=C\C/C=C\C/C=C\C/C=C\C/C=C\CCC(=O)OC[C@H](COP(=O)(O)OC1C(O)C(O)C(O)[C@@H](O)C1O)OC(=O)CCCCCCCCCCCCCCCCCCC. The molecular formula is C51H87O13P. The molecule has 0 amide bonds. The second-order valence-electron chi connectivity index (χ2n) is 16.9. The predicted octanol–water partition coefficient (Wildman–Crippen LogP) is 10.3. The Kier molecular flexibility index (Phi) is 37.5. The van der Waals surface area contributed by atoms with E-state index in [4.69, 9.17) is 18.5 Å². The van der Waals surface area contributed by atoms with E-state index in [1.807, 2.05) is 18.2 Å². The molecule has 6 unspecified atom stereocenters. The second kappa shape index (κ2) is 40.4. The molecule has 0 radical (unpaired) electrons. The minimum atomic E-state index is -5.14. The Morgan fingerprint density at radius 2 is 0.877 bits per heavy atom. The average molecular weight is 939 g/mol. The number of allylic oxidation sites excluding steroid dienone is 12. The van der Waals surface area contributed by atoms with Crippen LogP contribution in [0.1, 0.15) is 181 Å². The first-order chi connectivity index (χ1) is 31.4. The first-order valence-corrected chi connectivity index (χ1v) is 26.2. The highest BCUT2D eigenvalue weighted by atomic mass is 31.2. The molecule has 8 atom stereocenters. The average Bonchev–Trinajstić information content (AvgIpc) is 3.29. The van der Waals surface area contributed by atoms with Gasteiger partial charge in [0.05, 0.1) is 6.61 Å². The molecule has 0 aliphatic heterocycles. The van der Waals surface area contributed by atoms with Gasteiger partial charge in [0.15, 0.2) is 6.10 Å². The molecule has 1 aliphatic rings. The van der Waals surface area contributed by atoms with Crippen molar-refractivity contribution in [3.63, 3.8) is 0 Å². The minimum absolute atomic E-state index is 0.0402. The van der Waals surface area contributed by atoms with Crippen LogP contribution in [0.5, 0.6) is 0 Å². The van der Waals surface area contributed by atoms with Crippen molar-refractivity contribution in [2.45, 2.75) is 224 Å². The van der Waals surface area contributed by atoms with Crippen molar-refractivity contribution < 1.29 is 63.1 Å². The van der Waals surface area contributed by atoms with E-state index in [1.54, 1.807) is 0 Å². The van der Waals surface area contributed by atoms with Gasteiger partial charge in [0.2, 0.25) is 0 Å². The van der Waals surface area contributed by atoms with Gasteiger partial charge < -0.3 is 39.9 Å². The Labute approximate surface area is 391 Å². The van der Waals surface area contributed by atoms with Crippen LogP contribution >= 0.6 is 7.82 Å². The Bertz CT molecular complexity index is 1410. The molecule has 65 heavy (non-hydrogen) atoms. The van der Waals surface area contributed by atoms with Gasteiger partial charge in [-0.25, -0.2) is 4.57 Å². The predicted molar refractivity (Wildman–Crippen MR) is 258 cm³/mol. The number of carbonyl (C=O) groups excluding carboxylic acids is 2. The monoisotopic (exact) mass is 939 g/mol. The number of phosphoric ester groups is 1. The van der Waals surface area contributed by atoms with Crippen molar-refractivity contribution in [3.05, 3.63) is 72.9 Å². The Hall–Kier alpha value is -2.71. The van der Waals surface area contributed by atoms with Crippen LogP contribution in [-0.4, -0.2) is 98.3 Å². The van der Waals surface area contributed by atoms with Gasteiger partial charge in [-0.3, -0.25) is 18.6 Å². The van der Waals surface area contributed by atoms with Crippen molar-refractivity contribution in [3.8, 4) is 0 Å². The zero-order chi connectivity index (χ0) is 47.8. The zero-order valence-corrected chi connectivity index (χ0v) is 40.7. The van der Waals surface area contributed by atoms with E-state index < -0.39 is 75.7 Å². The highest BCUT2D eigenvalue weighted by Crippen LogP contribution is 2.47. The third-order valence-corrected chi connectivity index (χ3v) is 12.1. The molecule has 1 aliphatic carbocycles. The maximum atomic E-state index is 12.8. The summed E-state index contributed by atoms with van der Waals surface area (Å²) in [6.07, 6.45) is 38.2. The second-order valence-corrected chi connectivity index (χ2v) is 18.3. The molecule has 0 saturated heterocycles. The number of hydrogen-bond acceptors (Lipinski definition) is 12. The lowest BCUT2D eigenvalue weighted by atomic mass is 9.85. The van der Waals surface area contributed by atoms with Crippen LogP contribution in [0.2, 0.25) is 0 Å². The topological polar surface area (TPSA) is 210 Å². The van der Waals surface area contributed by atoms with Gasteiger partial charge in [-0.2, -0.15) is 0 Å². The van der Waals surface area contributed by atoms with Crippen molar-refractivity contribution in [1.29, 1.82) is 0 Å². The van der Waals surface area contributed by atoms with Crippen LogP contribution < -0.4 is 0 Å². The molecule has 0 spiro atoms. The summed E-state index contributed by atoms with van der Waals surface area (Å²) >= 11 is 0. The number of aliphatic hydroxyl groups is 5. The highest BCUT2D eigenvalue weighted by molar-refractivity contribution is 7.47. The standard InChI is InChI=1S/C51H87O13P/c1-3-5-7-9-11-13-15-17-19-21-22-24-25-27-29-31-33-35-37-39-44(52)61-41-43(42-62-65(59,60)64-51-49(57)47(55)46(54)48(56)50(51)58)63-45(53)40-38-36-34-32-30-28-26-23-20-18-16-14-12-10-8-6-4-2/h5,7,11,13,17,19,22,24,27,29,33,35,43,46-51,54-58H,3-4,6,8-10,12,14-16,18,20-21,23,25-26,28,30-32,34,36-42H2,1-2H3,(H,59,60)/b7-5-,13-11-,19-17-,24-22-,29-27-,35-33-/t43-,46?,47-,48?,49?,50?,51?/m1/s1. The molecular weight excluding hydrogens is 852 g/mol. The fourth-order valence-corrected chi connectivity index (χ4v) is 8.11. The molecule has 0 aromatic carbocycles. The highest BCUT2D eigenvalue weighted by Gasteiger charge is 2.51. The summed E-state index contributed by atoms with van der Waals surface area (Å²) < 4.78 is 33.5. The molecule has 1 rings (SSSR count). The summed E-state index contributed by atoms with van der Waals surface area (Å²) in [5, 5.41) is 50.2. The van der Waals surface area contributed by atoms with Gasteiger partial charge >= 0.3 is 19.8 Å². The summed E-state index contributed by atoms with van der Waals surface area (Å²) in [6, 6.07) is 0. The molecule has 13 nitrogen and oxygen atoms in total. The molecule has 0 bridgehead atoms. The number of aliphatic hydroxyl groups excluding tert-OH is 5. The first kappa shape index (κ1) is 60.3. The molecule has 0 heterocycles.